The lowest BCUT2D eigenvalue weighted by Gasteiger charge is -2.45. The van der Waals surface area contributed by atoms with Gasteiger partial charge in [0.1, 0.15) is 0 Å². The molecule has 2 fully saturated rings. The summed E-state index contributed by atoms with van der Waals surface area (Å²) in [6.07, 6.45) is 2.06. The van der Waals surface area contributed by atoms with E-state index in [1.807, 2.05) is 30.3 Å². The summed E-state index contributed by atoms with van der Waals surface area (Å²) in [6, 6.07) is 9.16. The highest BCUT2D eigenvalue weighted by Crippen LogP contribution is 2.45. The monoisotopic (exact) mass is 267 g/mol. The number of nitrogens with zero attached hydrogens (tertiary/aromatic N) is 1. The number of rotatable bonds is 4. The quantitative estimate of drug-likeness (QED) is 0.884. The molecule has 1 saturated carbocycles. The van der Waals surface area contributed by atoms with E-state index in [9.17, 15) is 13.5 Å². The topological polar surface area (TPSA) is 57.6 Å². The minimum Gasteiger partial charge on any atom is -0.387 e. The third-order valence-electron chi connectivity index (χ3n) is 3.82. The van der Waals surface area contributed by atoms with E-state index in [2.05, 4.69) is 0 Å². The van der Waals surface area contributed by atoms with E-state index < -0.39 is 15.6 Å². The van der Waals surface area contributed by atoms with Crippen LogP contribution >= 0.6 is 0 Å². The van der Waals surface area contributed by atoms with Crippen LogP contribution < -0.4 is 0 Å². The van der Waals surface area contributed by atoms with E-state index in [1.165, 1.54) is 4.31 Å². The SMILES string of the molecule is O=S(=O)(Cc1ccccc1)N1CC(O)(C2CC2)C1. The van der Waals surface area contributed by atoms with Gasteiger partial charge >= 0.3 is 0 Å². The zero-order valence-corrected chi connectivity index (χ0v) is 10.9. The van der Waals surface area contributed by atoms with E-state index in [4.69, 9.17) is 0 Å². The van der Waals surface area contributed by atoms with Crippen molar-refractivity contribution in [3.63, 3.8) is 0 Å². The van der Waals surface area contributed by atoms with Crippen LogP contribution in [0.1, 0.15) is 18.4 Å². The maximum Gasteiger partial charge on any atom is 0.218 e. The van der Waals surface area contributed by atoms with Crippen LogP contribution in [0.4, 0.5) is 0 Å². The standard InChI is InChI=1S/C13H17NO3S/c15-13(12-6-7-12)9-14(10-13)18(16,17)8-11-4-2-1-3-5-11/h1-5,12,15H,6-10H2. The van der Waals surface area contributed by atoms with Gasteiger partial charge in [0.15, 0.2) is 0 Å². The molecule has 0 radical (unpaired) electrons. The van der Waals surface area contributed by atoms with E-state index in [0.717, 1.165) is 18.4 Å². The smallest absolute Gasteiger partial charge is 0.218 e. The van der Waals surface area contributed by atoms with E-state index >= 15 is 0 Å². The molecule has 1 aliphatic heterocycles. The molecule has 4 nitrogen and oxygen atoms in total. The Hall–Kier alpha value is -0.910. The zero-order chi connectivity index (χ0) is 12.8. The summed E-state index contributed by atoms with van der Waals surface area (Å²) in [7, 11) is -3.28. The highest BCUT2D eigenvalue weighted by Gasteiger charge is 2.54. The van der Waals surface area contributed by atoms with Crippen LogP contribution in [0.25, 0.3) is 0 Å². The first-order valence-electron chi connectivity index (χ1n) is 6.24. The second-order valence-corrected chi connectivity index (χ2v) is 7.36. The molecule has 5 heteroatoms. The predicted molar refractivity (Wildman–Crippen MR) is 68.3 cm³/mol. The van der Waals surface area contributed by atoms with Crippen molar-refractivity contribution in [3.05, 3.63) is 35.9 Å². The van der Waals surface area contributed by atoms with Crippen molar-refractivity contribution in [3.8, 4) is 0 Å². The Bertz CT molecular complexity index is 531. The lowest BCUT2D eigenvalue weighted by Crippen LogP contribution is -2.64. The van der Waals surface area contributed by atoms with Crippen molar-refractivity contribution < 1.29 is 13.5 Å². The normalized spacial score (nSPS) is 23.6. The van der Waals surface area contributed by atoms with Gasteiger partial charge in [0.05, 0.1) is 11.4 Å². The molecule has 1 aliphatic carbocycles. The number of aliphatic hydroxyl groups is 1. The first-order chi connectivity index (χ1) is 8.50. The molecular formula is C13H17NO3S. The molecule has 1 saturated heterocycles. The first-order valence-corrected chi connectivity index (χ1v) is 7.85. The molecule has 98 valence electrons. The number of benzene rings is 1. The average molecular weight is 267 g/mol. The molecule has 0 spiro atoms. The summed E-state index contributed by atoms with van der Waals surface area (Å²) < 4.78 is 25.7. The fourth-order valence-corrected chi connectivity index (χ4v) is 4.15. The molecule has 1 N–H and O–H groups in total. The van der Waals surface area contributed by atoms with Crippen LogP contribution in [0.5, 0.6) is 0 Å². The Balaban J connectivity index is 1.66. The number of sulfonamides is 1. The third-order valence-corrected chi connectivity index (χ3v) is 5.57. The van der Waals surface area contributed by atoms with Crippen LogP contribution in [-0.4, -0.2) is 36.5 Å². The van der Waals surface area contributed by atoms with Crippen molar-refractivity contribution in [1.82, 2.24) is 4.31 Å². The average Bonchev–Trinajstić information content (AvgIpc) is 3.09. The van der Waals surface area contributed by atoms with E-state index in [0.29, 0.717) is 5.92 Å². The van der Waals surface area contributed by atoms with Gasteiger partial charge in [-0.2, -0.15) is 4.31 Å². The first kappa shape index (κ1) is 12.1. The van der Waals surface area contributed by atoms with Crippen LogP contribution in [0.2, 0.25) is 0 Å². The van der Waals surface area contributed by atoms with Gasteiger partial charge in [0.25, 0.3) is 0 Å². The maximum atomic E-state index is 12.1. The fourth-order valence-electron chi connectivity index (χ4n) is 2.52. The Labute approximate surface area is 107 Å². The molecule has 0 bridgehead atoms. The molecule has 0 atom stereocenters. The molecule has 1 aromatic rings. The van der Waals surface area contributed by atoms with Gasteiger partial charge in [-0.1, -0.05) is 30.3 Å². The molecule has 0 aromatic heterocycles. The van der Waals surface area contributed by atoms with Crippen molar-refractivity contribution in [2.75, 3.05) is 13.1 Å². The van der Waals surface area contributed by atoms with Gasteiger partial charge in [-0.3, -0.25) is 0 Å². The summed E-state index contributed by atoms with van der Waals surface area (Å²) in [4.78, 5) is 0. The minimum absolute atomic E-state index is 0.0224. The summed E-state index contributed by atoms with van der Waals surface area (Å²) >= 11 is 0. The summed E-state index contributed by atoms with van der Waals surface area (Å²) in [5.41, 5.74) is 0.0448. The zero-order valence-electron chi connectivity index (χ0n) is 10.1. The fraction of sp³-hybridized carbons (Fsp3) is 0.538. The highest BCUT2D eigenvalue weighted by molar-refractivity contribution is 7.88. The lowest BCUT2D eigenvalue weighted by molar-refractivity contribution is -0.0765. The molecule has 2 aliphatic rings. The second-order valence-electron chi connectivity index (χ2n) is 5.39. The minimum atomic E-state index is -3.28. The van der Waals surface area contributed by atoms with Gasteiger partial charge in [-0.25, -0.2) is 8.42 Å². The van der Waals surface area contributed by atoms with Crippen molar-refractivity contribution in [1.29, 1.82) is 0 Å². The molecule has 0 amide bonds. The van der Waals surface area contributed by atoms with Gasteiger partial charge in [0, 0.05) is 13.1 Å². The lowest BCUT2D eigenvalue weighted by atomic mass is 9.91. The van der Waals surface area contributed by atoms with Gasteiger partial charge < -0.3 is 5.11 Å². The molecule has 18 heavy (non-hydrogen) atoms. The maximum absolute atomic E-state index is 12.1. The highest BCUT2D eigenvalue weighted by atomic mass is 32.2. The van der Waals surface area contributed by atoms with Crippen LogP contribution in [0.3, 0.4) is 0 Å². The van der Waals surface area contributed by atoms with Crippen molar-refractivity contribution in [2.45, 2.75) is 24.2 Å². The molecule has 1 heterocycles. The molecule has 0 unspecified atom stereocenters. The van der Waals surface area contributed by atoms with Gasteiger partial charge in [0.2, 0.25) is 10.0 Å². The van der Waals surface area contributed by atoms with Gasteiger partial charge in [-0.05, 0) is 24.3 Å². The second kappa shape index (κ2) is 4.05. The van der Waals surface area contributed by atoms with Gasteiger partial charge in [-0.15, -0.1) is 0 Å². The van der Waals surface area contributed by atoms with Crippen LogP contribution in [0.15, 0.2) is 30.3 Å². The Kier molecular flexibility index (Phi) is 2.73. The molecular weight excluding hydrogens is 250 g/mol. The Morgan fingerprint density at radius 3 is 2.39 bits per heavy atom. The predicted octanol–water partition coefficient (Wildman–Crippen LogP) is 0.973. The van der Waals surface area contributed by atoms with Crippen LogP contribution in [0, 0.1) is 5.92 Å². The number of hydrogen-bond donors (Lipinski definition) is 1. The third kappa shape index (κ3) is 2.18. The number of hydrogen-bond acceptors (Lipinski definition) is 3. The largest absolute Gasteiger partial charge is 0.387 e. The molecule has 3 rings (SSSR count). The van der Waals surface area contributed by atoms with E-state index in [1.54, 1.807) is 0 Å². The van der Waals surface area contributed by atoms with E-state index in [-0.39, 0.29) is 18.8 Å². The van der Waals surface area contributed by atoms with Crippen molar-refractivity contribution in [2.24, 2.45) is 5.92 Å². The summed E-state index contributed by atoms with van der Waals surface area (Å²) in [6.45, 7) is 0.541. The number of β-amino-alcohol motifs (C(OH)–C–C–N with tert-alkyl or cyclic N) is 1. The van der Waals surface area contributed by atoms with Crippen molar-refractivity contribution >= 4 is 10.0 Å². The Morgan fingerprint density at radius 1 is 1.22 bits per heavy atom. The van der Waals surface area contributed by atoms with Crippen LogP contribution in [-0.2, 0) is 15.8 Å². The Morgan fingerprint density at radius 2 is 1.83 bits per heavy atom. The molecule has 1 aromatic carbocycles. The summed E-state index contributed by atoms with van der Waals surface area (Å²) in [5, 5.41) is 10.1. The summed E-state index contributed by atoms with van der Waals surface area (Å²) in [5.74, 6) is 0.342.